The summed E-state index contributed by atoms with van der Waals surface area (Å²) in [5.74, 6) is 0.771. The van der Waals surface area contributed by atoms with E-state index in [2.05, 4.69) is 36.3 Å². The number of nitrogens with zero attached hydrogens (tertiary/aromatic N) is 2. The largest absolute Gasteiger partial charge is 0.375 e. The van der Waals surface area contributed by atoms with Gasteiger partial charge in [-0.2, -0.15) is 0 Å². The predicted molar refractivity (Wildman–Crippen MR) is 82.0 cm³/mol. The van der Waals surface area contributed by atoms with E-state index in [4.69, 9.17) is 4.74 Å². The first-order valence-corrected chi connectivity index (χ1v) is 8.33. The van der Waals surface area contributed by atoms with Crippen LogP contribution in [0, 0.1) is 5.92 Å². The van der Waals surface area contributed by atoms with Crippen molar-refractivity contribution in [2.24, 2.45) is 5.92 Å². The van der Waals surface area contributed by atoms with Crippen molar-refractivity contribution in [2.45, 2.75) is 49.8 Å². The van der Waals surface area contributed by atoms with E-state index in [1.165, 1.54) is 51.7 Å². The Bertz CT molecular complexity index is 332. The fourth-order valence-electron chi connectivity index (χ4n) is 4.47. The molecule has 1 spiro atoms. The SMILES string of the molecule is CNC(C1CCOC2(CCC2)C1)C1CN(C)CCN1C. The molecule has 116 valence electrons. The molecular weight excluding hydrogens is 250 g/mol. The maximum atomic E-state index is 6.11. The van der Waals surface area contributed by atoms with E-state index in [9.17, 15) is 0 Å². The highest BCUT2D eigenvalue weighted by molar-refractivity contribution is 5.00. The first kappa shape index (κ1) is 14.8. The van der Waals surface area contributed by atoms with Gasteiger partial charge in [0.2, 0.25) is 0 Å². The second-order valence-electron chi connectivity index (χ2n) is 7.26. The van der Waals surface area contributed by atoms with Crippen LogP contribution in [-0.2, 0) is 4.74 Å². The molecule has 0 aromatic carbocycles. The maximum Gasteiger partial charge on any atom is 0.0685 e. The van der Waals surface area contributed by atoms with Crippen molar-refractivity contribution in [1.29, 1.82) is 0 Å². The van der Waals surface area contributed by atoms with Crippen LogP contribution in [0.4, 0.5) is 0 Å². The minimum Gasteiger partial charge on any atom is -0.375 e. The molecule has 3 rings (SSSR count). The summed E-state index contributed by atoms with van der Waals surface area (Å²) in [4.78, 5) is 5.04. The van der Waals surface area contributed by atoms with Gasteiger partial charge in [0.05, 0.1) is 5.60 Å². The van der Waals surface area contributed by atoms with E-state index in [1.807, 2.05) is 0 Å². The van der Waals surface area contributed by atoms with E-state index in [-0.39, 0.29) is 5.60 Å². The number of hydrogen-bond acceptors (Lipinski definition) is 4. The average molecular weight is 281 g/mol. The Morgan fingerprint density at radius 1 is 1.25 bits per heavy atom. The van der Waals surface area contributed by atoms with E-state index in [1.54, 1.807) is 0 Å². The highest BCUT2D eigenvalue weighted by Gasteiger charge is 2.46. The second kappa shape index (κ2) is 5.91. The molecule has 2 heterocycles. The summed E-state index contributed by atoms with van der Waals surface area (Å²) in [6, 6.07) is 1.24. The highest BCUT2D eigenvalue weighted by atomic mass is 16.5. The number of rotatable bonds is 3. The lowest BCUT2D eigenvalue weighted by Crippen LogP contribution is -2.62. The summed E-state index contributed by atoms with van der Waals surface area (Å²) >= 11 is 0. The van der Waals surface area contributed by atoms with Crippen LogP contribution in [0.1, 0.15) is 32.1 Å². The Labute approximate surface area is 123 Å². The van der Waals surface area contributed by atoms with Crippen LogP contribution in [0.25, 0.3) is 0 Å². The van der Waals surface area contributed by atoms with Gasteiger partial charge in [-0.1, -0.05) is 0 Å². The zero-order valence-corrected chi connectivity index (χ0v) is 13.4. The van der Waals surface area contributed by atoms with Gasteiger partial charge in [-0.25, -0.2) is 0 Å². The molecule has 3 fully saturated rings. The molecular formula is C16H31N3O. The van der Waals surface area contributed by atoms with Crippen LogP contribution in [0.3, 0.4) is 0 Å². The molecule has 3 unspecified atom stereocenters. The van der Waals surface area contributed by atoms with Crippen molar-refractivity contribution in [3.05, 3.63) is 0 Å². The molecule has 4 heteroatoms. The second-order valence-corrected chi connectivity index (χ2v) is 7.26. The monoisotopic (exact) mass is 281 g/mol. The van der Waals surface area contributed by atoms with E-state index < -0.39 is 0 Å². The summed E-state index contributed by atoms with van der Waals surface area (Å²) in [5.41, 5.74) is 0.261. The molecule has 1 saturated carbocycles. The van der Waals surface area contributed by atoms with Gasteiger partial charge in [0.1, 0.15) is 0 Å². The standard InChI is InChI=1S/C16H31N3O/c1-17-15(14-12-18(2)8-9-19(14)3)13-5-10-20-16(11-13)6-4-7-16/h13-15,17H,4-12H2,1-3H3. The molecule has 4 nitrogen and oxygen atoms in total. The molecule has 2 aliphatic heterocycles. The highest BCUT2D eigenvalue weighted by Crippen LogP contribution is 2.45. The molecule has 3 aliphatic rings. The number of piperazine rings is 1. The predicted octanol–water partition coefficient (Wildman–Crippen LogP) is 1.17. The molecule has 1 aliphatic carbocycles. The average Bonchev–Trinajstić information content (AvgIpc) is 2.42. The quantitative estimate of drug-likeness (QED) is 0.840. The molecule has 0 aromatic heterocycles. The molecule has 3 atom stereocenters. The molecule has 1 N–H and O–H groups in total. The zero-order chi connectivity index (χ0) is 14.2. The van der Waals surface area contributed by atoms with Gasteiger partial charge in [0.15, 0.2) is 0 Å². The molecule has 0 amide bonds. The summed E-state index contributed by atoms with van der Waals surface area (Å²) in [7, 11) is 6.70. The van der Waals surface area contributed by atoms with E-state index in [0.717, 1.165) is 12.5 Å². The number of nitrogens with one attached hydrogen (secondary N) is 1. The molecule has 0 radical (unpaired) electrons. The summed E-state index contributed by atoms with van der Waals surface area (Å²) < 4.78 is 6.11. The number of hydrogen-bond donors (Lipinski definition) is 1. The fourth-order valence-corrected chi connectivity index (χ4v) is 4.47. The van der Waals surface area contributed by atoms with Gasteiger partial charge in [-0.05, 0) is 59.2 Å². The van der Waals surface area contributed by atoms with Crippen LogP contribution in [0.5, 0.6) is 0 Å². The Morgan fingerprint density at radius 3 is 2.70 bits per heavy atom. The van der Waals surface area contributed by atoms with Crippen molar-refractivity contribution < 1.29 is 4.74 Å². The van der Waals surface area contributed by atoms with Gasteiger partial charge in [-0.3, -0.25) is 4.90 Å². The van der Waals surface area contributed by atoms with Crippen molar-refractivity contribution in [1.82, 2.24) is 15.1 Å². The summed E-state index contributed by atoms with van der Waals surface area (Å²) in [6.07, 6.45) is 6.44. The third-order valence-electron chi connectivity index (χ3n) is 5.95. The Morgan fingerprint density at radius 2 is 2.05 bits per heavy atom. The zero-order valence-electron chi connectivity index (χ0n) is 13.4. The normalized spacial score (nSPS) is 36.8. The van der Waals surface area contributed by atoms with Crippen LogP contribution in [0.2, 0.25) is 0 Å². The first-order valence-electron chi connectivity index (χ1n) is 8.33. The molecule has 0 bridgehead atoms. The van der Waals surface area contributed by atoms with Gasteiger partial charge >= 0.3 is 0 Å². The van der Waals surface area contributed by atoms with Crippen molar-refractivity contribution in [3.8, 4) is 0 Å². The van der Waals surface area contributed by atoms with Crippen LogP contribution < -0.4 is 5.32 Å². The molecule has 20 heavy (non-hydrogen) atoms. The van der Waals surface area contributed by atoms with Crippen LogP contribution in [-0.4, -0.2) is 74.9 Å². The lowest BCUT2D eigenvalue weighted by Gasteiger charge is -2.51. The Hall–Kier alpha value is -0.160. The Balaban J connectivity index is 1.68. The van der Waals surface area contributed by atoms with Crippen molar-refractivity contribution in [3.63, 3.8) is 0 Å². The third-order valence-corrected chi connectivity index (χ3v) is 5.95. The third kappa shape index (κ3) is 2.76. The first-order chi connectivity index (χ1) is 9.63. The van der Waals surface area contributed by atoms with Crippen LogP contribution in [0.15, 0.2) is 0 Å². The molecule has 0 aromatic rings. The molecule has 2 saturated heterocycles. The summed E-state index contributed by atoms with van der Waals surface area (Å²) in [5, 5.41) is 3.65. The van der Waals surface area contributed by atoms with Crippen molar-refractivity contribution in [2.75, 3.05) is 47.4 Å². The van der Waals surface area contributed by atoms with Gasteiger partial charge in [0.25, 0.3) is 0 Å². The van der Waals surface area contributed by atoms with Crippen LogP contribution >= 0.6 is 0 Å². The number of likely N-dealkylation sites (N-methyl/N-ethyl adjacent to an activating group) is 3. The smallest absolute Gasteiger partial charge is 0.0685 e. The fraction of sp³-hybridized carbons (Fsp3) is 1.00. The van der Waals surface area contributed by atoms with E-state index >= 15 is 0 Å². The van der Waals surface area contributed by atoms with Crippen molar-refractivity contribution >= 4 is 0 Å². The minimum atomic E-state index is 0.261. The Kier molecular flexibility index (Phi) is 4.37. The van der Waals surface area contributed by atoms with Gasteiger partial charge in [-0.15, -0.1) is 0 Å². The summed E-state index contributed by atoms with van der Waals surface area (Å²) in [6.45, 7) is 4.54. The lowest BCUT2D eigenvalue weighted by atomic mass is 9.69. The topological polar surface area (TPSA) is 27.7 Å². The van der Waals surface area contributed by atoms with Gasteiger partial charge < -0.3 is 15.0 Å². The number of ether oxygens (including phenoxy) is 1. The van der Waals surface area contributed by atoms with E-state index in [0.29, 0.717) is 12.1 Å². The van der Waals surface area contributed by atoms with Gasteiger partial charge in [0, 0.05) is 38.3 Å². The minimum absolute atomic E-state index is 0.261. The maximum absolute atomic E-state index is 6.11. The lowest BCUT2D eigenvalue weighted by molar-refractivity contribution is -0.150.